The fourth-order valence-electron chi connectivity index (χ4n) is 2.91. The number of benzene rings is 1. The van der Waals surface area contributed by atoms with Crippen LogP contribution >= 0.6 is 0 Å². The molecule has 0 bridgehead atoms. The average Bonchev–Trinajstić information content (AvgIpc) is 3.02. The summed E-state index contributed by atoms with van der Waals surface area (Å²) in [7, 11) is 0. The van der Waals surface area contributed by atoms with Crippen molar-refractivity contribution in [3.8, 4) is 0 Å². The van der Waals surface area contributed by atoms with Gasteiger partial charge in [0.15, 0.2) is 5.82 Å². The van der Waals surface area contributed by atoms with Crippen LogP contribution in [-0.2, 0) is 17.9 Å². The molecule has 7 nitrogen and oxygen atoms in total. The molecule has 0 aliphatic carbocycles. The van der Waals surface area contributed by atoms with E-state index in [0.29, 0.717) is 13.1 Å². The lowest BCUT2D eigenvalue weighted by Crippen LogP contribution is -2.49. The van der Waals surface area contributed by atoms with E-state index < -0.39 is 0 Å². The van der Waals surface area contributed by atoms with Crippen molar-refractivity contribution in [3.05, 3.63) is 41.7 Å². The number of tetrazole rings is 1. The maximum absolute atomic E-state index is 12.0. The summed E-state index contributed by atoms with van der Waals surface area (Å²) in [6, 6.07) is 10.2. The smallest absolute Gasteiger partial charge is 0.225 e. The molecule has 1 aliphatic rings. The lowest BCUT2D eigenvalue weighted by molar-refractivity contribution is -0.136. The predicted molar refractivity (Wildman–Crippen MR) is 90.1 cm³/mol. The molecule has 0 atom stereocenters. The van der Waals surface area contributed by atoms with Crippen molar-refractivity contribution in [1.29, 1.82) is 0 Å². The van der Waals surface area contributed by atoms with Crippen molar-refractivity contribution in [2.75, 3.05) is 26.2 Å². The quantitative estimate of drug-likeness (QED) is 0.820. The van der Waals surface area contributed by atoms with Crippen LogP contribution in [0.15, 0.2) is 30.3 Å². The van der Waals surface area contributed by atoms with Gasteiger partial charge in [-0.15, -0.1) is 5.10 Å². The number of piperazine rings is 1. The van der Waals surface area contributed by atoms with Crippen molar-refractivity contribution in [2.45, 2.75) is 26.9 Å². The van der Waals surface area contributed by atoms with E-state index in [-0.39, 0.29) is 11.8 Å². The molecule has 1 aliphatic heterocycles. The van der Waals surface area contributed by atoms with Crippen LogP contribution in [0.2, 0.25) is 0 Å². The number of hydrogen-bond acceptors (Lipinski definition) is 5. The van der Waals surface area contributed by atoms with Crippen molar-refractivity contribution in [3.63, 3.8) is 0 Å². The highest BCUT2D eigenvalue weighted by Gasteiger charge is 2.23. The molecule has 0 spiro atoms. The Morgan fingerprint density at radius 2 is 1.79 bits per heavy atom. The maximum Gasteiger partial charge on any atom is 0.225 e. The van der Waals surface area contributed by atoms with E-state index >= 15 is 0 Å². The molecule has 24 heavy (non-hydrogen) atoms. The van der Waals surface area contributed by atoms with Crippen molar-refractivity contribution >= 4 is 5.91 Å². The minimum Gasteiger partial charge on any atom is -0.340 e. The molecule has 1 saturated heterocycles. The summed E-state index contributed by atoms with van der Waals surface area (Å²) in [5.74, 6) is 1.17. The van der Waals surface area contributed by atoms with Crippen molar-refractivity contribution in [1.82, 2.24) is 30.0 Å². The number of amides is 1. The van der Waals surface area contributed by atoms with E-state index in [4.69, 9.17) is 0 Å². The van der Waals surface area contributed by atoms with E-state index in [1.165, 1.54) is 5.56 Å². The van der Waals surface area contributed by atoms with Crippen LogP contribution in [0.1, 0.15) is 25.2 Å². The zero-order chi connectivity index (χ0) is 16.9. The highest BCUT2D eigenvalue weighted by atomic mass is 16.2. The van der Waals surface area contributed by atoms with Crippen LogP contribution in [0.5, 0.6) is 0 Å². The molecule has 2 heterocycles. The fraction of sp³-hybridized carbons (Fsp3) is 0.529. The first kappa shape index (κ1) is 16.6. The second kappa shape index (κ2) is 7.53. The van der Waals surface area contributed by atoms with Crippen LogP contribution in [0.3, 0.4) is 0 Å². The van der Waals surface area contributed by atoms with Gasteiger partial charge in [-0.2, -0.15) is 0 Å². The molecule has 7 heteroatoms. The summed E-state index contributed by atoms with van der Waals surface area (Å²) in [6.45, 7) is 8.55. The zero-order valence-electron chi connectivity index (χ0n) is 14.3. The van der Waals surface area contributed by atoms with Gasteiger partial charge in [0.2, 0.25) is 5.91 Å². The first-order chi connectivity index (χ1) is 11.6. The molecular formula is C17H24N6O. The second-order valence-corrected chi connectivity index (χ2v) is 6.49. The molecular weight excluding hydrogens is 304 g/mol. The van der Waals surface area contributed by atoms with Crippen LogP contribution in [0.4, 0.5) is 0 Å². The Labute approximate surface area is 142 Å². The van der Waals surface area contributed by atoms with Gasteiger partial charge < -0.3 is 4.90 Å². The Balaban J connectivity index is 1.56. The zero-order valence-corrected chi connectivity index (χ0v) is 14.3. The van der Waals surface area contributed by atoms with Gasteiger partial charge in [-0.3, -0.25) is 9.69 Å². The van der Waals surface area contributed by atoms with E-state index in [1.54, 1.807) is 0 Å². The first-order valence-electron chi connectivity index (χ1n) is 8.43. The molecule has 2 aromatic rings. The third-order valence-corrected chi connectivity index (χ3v) is 4.32. The molecule has 1 aromatic heterocycles. The Bertz CT molecular complexity index is 661. The van der Waals surface area contributed by atoms with E-state index in [0.717, 1.165) is 32.0 Å². The summed E-state index contributed by atoms with van der Waals surface area (Å²) < 4.78 is 1.85. The van der Waals surface area contributed by atoms with E-state index in [9.17, 15) is 4.79 Å². The highest BCUT2D eigenvalue weighted by molar-refractivity contribution is 5.78. The fourth-order valence-corrected chi connectivity index (χ4v) is 2.91. The van der Waals surface area contributed by atoms with Crippen LogP contribution in [0, 0.1) is 5.92 Å². The molecule has 1 amide bonds. The monoisotopic (exact) mass is 328 g/mol. The Kier molecular flexibility index (Phi) is 5.20. The number of aromatic nitrogens is 4. The summed E-state index contributed by atoms with van der Waals surface area (Å²) >= 11 is 0. The predicted octanol–water partition coefficient (Wildman–Crippen LogP) is 1.02. The van der Waals surface area contributed by atoms with Crippen LogP contribution in [0.25, 0.3) is 0 Å². The third kappa shape index (κ3) is 3.97. The topological polar surface area (TPSA) is 67.2 Å². The average molecular weight is 328 g/mol. The van der Waals surface area contributed by atoms with Gasteiger partial charge in [0.1, 0.15) is 0 Å². The first-order valence-corrected chi connectivity index (χ1v) is 8.43. The number of hydrogen-bond donors (Lipinski definition) is 0. The summed E-state index contributed by atoms with van der Waals surface area (Å²) in [4.78, 5) is 16.3. The molecule has 0 radical (unpaired) electrons. The van der Waals surface area contributed by atoms with Gasteiger partial charge in [-0.1, -0.05) is 44.2 Å². The summed E-state index contributed by atoms with van der Waals surface area (Å²) in [5, 5.41) is 12.1. The van der Waals surface area contributed by atoms with Crippen LogP contribution < -0.4 is 0 Å². The lowest BCUT2D eigenvalue weighted by Gasteiger charge is -2.35. The summed E-state index contributed by atoms with van der Waals surface area (Å²) in [5.41, 5.74) is 1.18. The Morgan fingerprint density at radius 3 is 2.46 bits per heavy atom. The molecule has 1 fully saturated rings. The minimum absolute atomic E-state index is 0.0646. The normalized spacial score (nSPS) is 15.9. The number of carbonyl (C=O) groups is 1. The molecule has 1 aromatic carbocycles. The Morgan fingerprint density at radius 1 is 1.08 bits per heavy atom. The minimum atomic E-state index is 0.0646. The maximum atomic E-state index is 12.0. The third-order valence-electron chi connectivity index (χ3n) is 4.32. The van der Waals surface area contributed by atoms with E-state index in [1.807, 2.05) is 41.6 Å². The lowest BCUT2D eigenvalue weighted by atomic mass is 10.1. The van der Waals surface area contributed by atoms with Gasteiger partial charge in [0.05, 0.1) is 13.1 Å². The largest absolute Gasteiger partial charge is 0.340 e. The van der Waals surface area contributed by atoms with Crippen LogP contribution in [-0.4, -0.2) is 62.1 Å². The van der Waals surface area contributed by atoms with Gasteiger partial charge in [0.25, 0.3) is 0 Å². The SMILES string of the molecule is CC(C)C(=O)N1CCN(Cc2nnnn2Cc2ccccc2)CC1. The van der Waals surface area contributed by atoms with Gasteiger partial charge in [-0.05, 0) is 16.0 Å². The number of carbonyl (C=O) groups excluding carboxylic acids is 1. The van der Waals surface area contributed by atoms with Crippen molar-refractivity contribution < 1.29 is 4.79 Å². The molecule has 0 unspecified atom stereocenters. The van der Waals surface area contributed by atoms with Gasteiger partial charge in [-0.25, -0.2) is 4.68 Å². The van der Waals surface area contributed by atoms with Gasteiger partial charge in [0, 0.05) is 32.1 Å². The number of rotatable bonds is 5. The van der Waals surface area contributed by atoms with Crippen molar-refractivity contribution in [2.24, 2.45) is 5.92 Å². The van der Waals surface area contributed by atoms with E-state index in [2.05, 4.69) is 32.6 Å². The molecule has 3 rings (SSSR count). The van der Waals surface area contributed by atoms with Gasteiger partial charge >= 0.3 is 0 Å². The molecule has 0 N–H and O–H groups in total. The standard InChI is InChI=1S/C17H24N6O/c1-14(2)17(24)22-10-8-21(9-11-22)13-16-18-19-20-23(16)12-15-6-4-3-5-7-15/h3-7,14H,8-13H2,1-2H3. The molecule has 0 saturated carbocycles. The summed E-state index contributed by atoms with van der Waals surface area (Å²) in [6.07, 6.45) is 0. The Hall–Kier alpha value is -2.28. The number of nitrogens with zero attached hydrogens (tertiary/aromatic N) is 6. The second-order valence-electron chi connectivity index (χ2n) is 6.49. The molecule has 128 valence electrons. The highest BCUT2D eigenvalue weighted by Crippen LogP contribution is 2.10.